The van der Waals surface area contributed by atoms with Gasteiger partial charge in [0.2, 0.25) is 0 Å². The molecule has 0 radical (unpaired) electrons. The van der Waals surface area contributed by atoms with E-state index in [1.54, 1.807) is 0 Å². The number of hydrogen-bond donors (Lipinski definition) is 2. The summed E-state index contributed by atoms with van der Waals surface area (Å²) < 4.78 is 0. The minimum Gasteiger partial charge on any atom is -0.395 e. The predicted molar refractivity (Wildman–Crippen MR) is 115 cm³/mol. The molecule has 0 aliphatic rings. The fourth-order valence-corrected chi connectivity index (χ4v) is 3.80. The van der Waals surface area contributed by atoms with E-state index in [-0.39, 0.29) is 13.2 Å². The number of aliphatic hydroxyl groups excluding tert-OH is 2. The molecule has 2 N–H and O–H groups in total. The molecule has 26 heavy (non-hydrogen) atoms. The van der Waals surface area contributed by atoms with Crippen LogP contribution in [-0.2, 0) is 0 Å². The summed E-state index contributed by atoms with van der Waals surface area (Å²) >= 11 is 0. The Morgan fingerprint density at radius 2 is 0.923 bits per heavy atom. The van der Waals surface area contributed by atoms with Gasteiger partial charge in [-0.05, 0) is 13.3 Å². The summed E-state index contributed by atoms with van der Waals surface area (Å²) in [7, 11) is 0. The average molecular weight is 372 g/mol. The van der Waals surface area contributed by atoms with Crippen LogP contribution in [-0.4, -0.2) is 47.5 Å². The van der Waals surface area contributed by atoms with Gasteiger partial charge in [-0.2, -0.15) is 0 Å². The molecule has 1 unspecified atom stereocenters. The van der Waals surface area contributed by atoms with Crippen molar-refractivity contribution >= 4 is 0 Å². The Labute approximate surface area is 164 Å². The Morgan fingerprint density at radius 3 is 1.27 bits per heavy atom. The molecule has 3 nitrogen and oxygen atoms in total. The maximum Gasteiger partial charge on any atom is 0.0558 e. The van der Waals surface area contributed by atoms with Gasteiger partial charge in [-0.1, -0.05) is 103 Å². The quantitative estimate of drug-likeness (QED) is 0.246. The molecule has 0 saturated heterocycles. The number of unbranched alkanes of at least 4 members (excludes halogenated alkanes) is 14. The Bertz CT molecular complexity index is 255. The average Bonchev–Trinajstić information content (AvgIpc) is 2.64. The van der Waals surface area contributed by atoms with Crippen molar-refractivity contribution in [1.29, 1.82) is 0 Å². The second-order valence-corrected chi connectivity index (χ2v) is 8.07. The van der Waals surface area contributed by atoms with Crippen LogP contribution >= 0.6 is 0 Å². The highest BCUT2D eigenvalue weighted by molar-refractivity contribution is 4.67. The topological polar surface area (TPSA) is 43.7 Å². The van der Waals surface area contributed by atoms with Crippen molar-refractivity contribution < 1.29 is 10.2 Å². The Balaban J connectivity index is 3.28. The first-order valence-corrected chi connectivity index (χ1v) is 11.7. The van der Waals surface area contributed by atoms with E-state index in [0.29, 0.717) is 19.1 Å². The van der Waals surface area contributed by atoms with E-state index in [1.165, 1.54) is 103 Å². The summed E-state index contributed by atoms with van der Waals surface area (Å²) in [6, 6.07) is 0.469. The largest absolute Gasteiger partial charge is 0.395 e. The first-order chi connectivity index (χ1) is 12.8. The van der Waals surface area contributed by atoms with Gasteiger partial charge in [-0.25, -0.2) is 0 Å². The molecular formula is C23H49NO2. The zero-order valence-electron chi connectivity index (χ0n) is 18.1. The van der Waals surface area contributed by atoms with E-state index in [1.807, 2.05) is 0 Å². The lowest BCUT2D eigenvalue weighted by Gasteiger charge is -2.27. The van der Waals surface area contributed by atoms with Crippen molar-refractivity contribution in [2.75, 3.05) is 26.3 Å². The standard InChI is InChI=1S/C23H49NO2/c1-3-4-5-6-7-8-9-10-11-12-13-14-15-16-17-18-23(2)24(19-21-25)20-22-26/h23,25-26H,3-22H2,1-2H3. The molecule has 0 aliphatic heterocycles. The minimum absolute atomic E-state index is 0.184. The fourth-order valence-electron chi connectivity index (χ4n) is 3.80. The van der Waals surface area contributed by atoms with Gasteiger partial charge in [0, 0.05) is 19.1 Å². The highest BCUT2D eigenvalue weighted by Crippen LogP contribution is 2.15. The second-order valence-electron chi connectivity index (χ2n) is 8.07. The molecule has 0 bridgehead atoms. The molecule has 0 aliphatic carbocycles. The minimum atomic E-state index is 0.184. The third-order valence-electron chi connectivity index (χ3n) is 5.62. The van der Waals surface area contributed by atoms with E-state index >= 15 is 0 Å². The van der Waals surface area contributed by atoms with Gasteiger partial charge in [0.25, 0.3) is 0 Å². The normalized spacial score (nSPS) is 12.8. The molecule has 3 heteroatoms. The molecule has 158 valence electrons. The van der Waals surface area contributed by atoms with Crippen molar-refractivity contribution in [2.24, 2.45) is 0 Å². The summed E-state index contributed by atoms with van der Waals surface area (Å²) in [6.45, 7) is 6.23. The maximum atomic E-state index is 9.09. The van der Waals surface area contributed by atoms with Gasteiger partial charge < -0.3 is 10.2 Å². The molecule has 1 atom stereocenters. The van der Waals surface area contributed by atoms with E-state index in [0.717, 1.165) is 0 Å². The summed E-state index contributed by atoms with van der Waals surface area (Å²) in [5.74, 6) is 0. The van der Waals surface area contributed by atoms with E-state index in [4.69, 9.17) is 10.2 Å². The van der Waals surface area contributed by atoms with Crippen LogP contribution in [0.1, 0.15) is 117 Å². The van der Waals surface area contributed by atoms with Gasteiger partial charge in [0.1, 0.15) is 0 Å². The zero-order chi connectivity index (χ0) is 19.3. The molecule has 0 rings (SSSR count). The number of rotatable bonds is 21. The SMILES string of the molecule is CCCCCCCCCCCCCCCCCC(C)N(CCO)CCO. The van der Waals surface area contributed by atoms with Crippen molar-refractivity contribution in [1.82, 2.24) is 4.90 Å². The van der Waals surface area contributed by atoms with Crippen LogP contribution in [0.15, 0.2) is 0 Å². The van der Waals surface area contributed by atoms with Gasteiger partial charge in [-0.3, -0.25) is 4.90 Å². The molecule has 0 aromatic heterocycles. The predicted octanol–water partition coefficient (Wildman–Crippen LogP) is 5.92. The van der Waals surface area contributed by atoms with Crippen LogP contribution in [0.25, 0.3) is 0 Å². The van der Waals surface area contributed by atoms with Crippen LogP contribution in [0.5, 0.6) is 0 Å². The zero-order valence-corrected chi connectivity index (χ0v) is 18.1. The van der Waals surface area contributed by atoms with Gasteiger partial charge in [-0.15, -0.1) is 0 Å². The van der Waals surface area contributed by atoms with E-state index in [2.05, 4.69) is 18.7 Å². The summed E-state index contributed by atoms with van der Waals surface area (Å²) in [4.78, 5) is 2.20. The molecule has 0 amide bonds. The van der Waals surface area contributed by atoms with Gasteiger partial charge in [0.05, 0.1) is 13.2 Å². The number of nitrogens with zero attached hydrogens (tertiary/aromatic N) is 1. The van der Waals surface area contributed by atoms with Crippen LogP contribution in [0.2, 0.25) is 0 Å². The lowest BCUT2D eigenvalue weighted by atomic mass is 10.0. The number of hydrogen-bond acceptors (Lipinski definition) is 3. The Morgan fingerprint density at radius 1 is 0.577 bits per heavy atom. The lowest BCUT2D eigenvalue weighted by Crippen LogP contribution is -2.37. The summed E-state index contributed by atoms with van der Waals surface area (Å²) in [5, 5.41) is 18.2. The summed E-state index contributed by atoms with van der Waals surface area (Å²) in [5.41, 5.74) is 0. The van der Waals surface area contributed by atoms with Crippen LogP contribution < -0.4 is 0 Å². The van der Waals surface area contributed by atoms with E-state index in [9.17, 15) is 0 Å². The molecule has 0 fully saturated rings. The fraction of sp³-hybridized carbons (Fsp3) is 1.00. The second kappa shape index (κ2) is 21.2. The van der Waals surface area contributed by atoms with Crippen molar-refractivity contribution in [3.8, 4) is 0 Å². The third kappa shape index (κ3) is 17.3. The van der Waals surface area contributed by atoms with Gasteiger partial charge >= 0.3 is 0 Å². The van der Waals surface area contributed by atoms with Gasteiger partial charge in [0.15, 0.2) is 0 Å². The first-order valence-electron chi connectivity index (χ1n) is 11.7. The molecule has 0 aromatic carbocycles. The highest BCUT2D eigenvalue weighted by atomic mass is 16.3. The van der Waals surface area contributed by atoms with Crippen LogP contribution in [0.3, 0.4) is 0 Å². The highest BCUT2D eigenvalue weighted by Gasteiger charge is 2.11. The maximum absolute atomic E-state index is 9.09. The smallest absolute Gasteiger partial charge is 0.0558 e. The molecular weight excluding hydrogens is 322 g/mol. The molecule has 0 spiro atoms. The summed E-state index contributed by atoms with van der Waals surface area (Å²) in [6.07, 6.45) is 22.2. The van der Waals surface area contributed by atoms with E-state index < -0.39 is 0 Å². The van der Waals surface area contributed by atoms with Crippen molar-refractivity contribution in [3.05, 3.63) is 0 Å². The Hall–Kier alpha value is -0.120. The number of aliphatic hydroxyl groups is 2. The third-order valence-corrected chi connectivity index (χ3v) is 5.62. The molecule has 0 saturated carbocycles. The van der Waals surface area contributed by atoms with Crippen molar-refractivity contribution in [3.63, 3.8) is 0 Å². The molecule has 0 aromatic rings. The molecule has 0 heterocycles. The van der Waals surface area contributed by atoms with Crippen molar-refractivity contribution in [2.45, 2.75) is 123 Å². The lowest BCUT2D eigenvalue weighted by molar-refractivity contribution is 0.123. The monoisotopic (exact) mass is 371 g/mol. The van der Waals surface area contributed by atoms with Crippen LogP contribution in [0, 0.1) is 0 Å². The first kappa shape index (κ1) is 25.9. The Kier molecular flexibility index (Phi) is 21.1. The van der Waals surface area contributed by atoms with Crippen LogP contribution in [0.4, 0.5) is 0 Å².